The van der Waals surface area contributed by atoms with Crippen LogP contribution >= 0.6 is 11.8 Å². The third-order valence-corrected chi connectivity index (χ3v) is 3.50. The Balaban J connectivity index is 2.26. The second kappa shape index (κ2) is 8.58. The van der Waals surface area contributed by atoms with Gasteiger partial charge in [0, 0.05) is 11.4 Å². The summed E-state index contributed by atoms with van der Waals surface area (Å²) in [5.74, 6) is -0.326. The normalized spacial score (nSPS) is 10.4. The second-order valence-electron chi connectivity index (χ2n) is 4.71. The monoisotopic (exact) mass is 298 g/mol. The van der Waals surface area contributed by atoms with Crippen LogP contribution in [-0.2, 0) is 4.79 Å². The van der Waals surface area contributed by atoms with E-state index in [0.29, 0.717) is 17.4 Å². The van der Waals surface area contributed by atoms with E-state index < -0.39 is 11.9 Å². The number of nitrogens with one attached hydrogen (secondary N) is 2. The summed E-state index contributed by atoms with van der Waals surface area (Å²) in [6, 6.07) is 5.70. The van der Waals surface area contributed by atoms with Crippen LogP contribution in [0, 0.1) is 11.7 Å². The van der Waals surface area contributed by atoms with Crippen molar-refractivity contribution >= 4 is 23.7 Å². The SMILES string of the molecule is CC(C)CCNC(=O)NC(=O)CSc1ccccc1F. The maximum absolute atomic E-state index is 13.3. The molecule has 3 amide bonds. The molecule has 0 heterocycles. The van der Waals surface area contributed by atoms with Crippen molar-refractivity contribution in [3.05, 3.63) is 30.1 Å². The number of imide groups is 1. The van der Waals surface area contributed by atoms with Crippen molar-refractivity contribution in [2.45, 2.75) is 25.2 Å². The van der Waals surface area contributed by atoms with Crippen LogP contribution in [-0.4, -0.2) is 24.2 Å². The van der Waals surface area contributed by atoms with Gasteiger partial charge in [-0.3, -0.25) is 10.1 Å². The summed E-state index contributed by atoms with van der Waals surface area (Å²) in [7, 11) is 0. The van der Waals surface area contributed by atoms with Gasteiger partial charge in [-0.1, -0.05) is 26.0 Å². The zero-order chi connectivity index (χ0) is 15.0. The summed E-state index contributed by atoms with van der Waals surface area (Å²) in [6.45, 7) is 4.63. The van der Waals surface area contributed by atoms with Gasteiger partial charge in [-0.05, 0) is 24.5 Å². The van der Waals surface area contributed by atoms with Crippen LogP contribution in [0.4, 0.5) is 9.18 Å². The van der Waals surface area contributed by atoms with Crippen LogP contribution < -0.4 is 10.6 Å². The Labute approximate surface area is 122 Å². The van der Waals surface area contributed by atoms with Gasteiger partial charge in [0.05, 0.1) is 5.75 Å². The molecule has 0 saturated carbocycles. The number of hydrogen-bond donors (Lipinski definition) is 2. The third-order valence-electron chi connectivity index (χ3n) is 2.46. The van der Waals surface area contributed by atoms with Gasteiger partial charge in [-0.25, -0.2) is 9.18 Å². The molecule has 0 saturated heterocycles. The van der Waals surface area contributed by atoms with Gasteiger partial charge in [0.1, 0.15) is 5.82 Å². The molecule has 0 fully saturated rings. The summed E-state index contributed by atoms with van der Waals surface area (Å²) < 4.78 is 13.3. The number of halogens is 1. The van der Waals surface area contributed by atoms with Gasteiger partial charge in [0.2, 0.25) is 5.91 Å². The summed E-state index contributed by atoms with van der Waals surface area (Å²) in [5.41, 5.74) is 0. The first-order valence-corrected chi connectivity index (χ1v) is 7.42. The molecule has 4 nitrogen and oxygen atoms in total. The molecule has 0 aliphatic carbocycles. The molecule has 0 aromatic heterocycles. The van der Waals surface area contributed by atoms with Gasteiger partial charge >= 0.3 is 6.03 Å². The van der Waals surface area contributed by atoms with Gasteiger partial charge in [-0.2, -0.15) is 0 Å². The molecule has 1 aromatic carbocycles. The first-order chi connectivity index (χ1) is 9.49. The van der Waals surface area contributed by atoms with E-state index in [1.54, 1.807) is 18.2 Å². The highest BCUT2D eigenvalue weighted by Gasteiger charge is 2.09. The molecule has 0 radical (unpaired) electrons. The lowest BCUT2D eigenvalue weighted by Crippen LogP contribution is -2.40. The van der Waals surface area contributed by atoms with Crippen LogP contribution in [0.15, 0.2) is 29.2 Å². The van der Waals surface area contributed by atoms with Gasteiger partial charge < -0.3 is 5.32 Å². The van der Waals surface area contributed by atoms with Crippen molar-refractivity contribution in [1.29, 1.82) is 0 Å². The van der Waals surface area contributed by atoms with E-state index in [4.69, 9.17) is 0 Å². The van der Waals surface area contributed by atoms with E-state index in [1.165, 1.54) is 6.07 Å². The molecular formula is C14H19FN2O2S. The quantitative estimate of drug-likeness (QED) is 0.794. The minimum Gasteiger partial charge on any atom is -0.338 e. The standard InChI is InChI=1S/C14H19FN2O2S/c1-10(2)7-8-16-14(19)17-13(18)9-20-12-6-4-3-5-11(12)15/h3-6,10H,7-9H2,1-2H3,(H2,16,17,18,19). The Morgan fingerprint density at radius 1 is 1.30 bits per heavy atom. The first kappa shape index (κ1) is 16.5. The van der Waals surface area contributed by atoms with E-state index in [9.17, 15) is 14.0 Å². The topological polar surface area (TPSA) is 58.2 Å². The molecule has 110 valence electrons. The number of urea groups is 1. The number of rotatable bonds is 6. The lowest BCUT2D eigenvalue weighted by Gasteiger charge is -2.08. The highest BCUT2D eigenvalue weighted by molar-refractivity contribution is 8.00. The largest absolute Gasteiger partial charge is 0.338 e. The molecule has 6 heteroatoms. The molecule has 2 N–H and O–H groups in total. The Kier molecular flexibility index (Phi) is 7.08. The van der Waals surface area contributed by atoms with Gasteiger partial charge in [0.15, 0.2) is 0 Å². The number of thioether (sulfide) groups is 1. The molecular weight excluding hydrogens is 279 g/mol. The average molecular weight is 298 g/mol. The van der Waals surface area contributed by atoms with E-state index in [0.717, 1.165) is 18.2 Å². The molecule has 0 aliphatic heterocycles. The number of hydrogen-bond acceptors (Lipinski definition) is 3. The molecule has 0 unspecified atom stereocenters. The lowest BCUT2D eigenvalue weighted by molar-refractivity contribution is -0.117. The zero-order valence-electron chi connectivity index (χ0n) is 11.6. The van der Waals surface area contributed by atoms with Crippen LogP contribution in [0.3, 0.4) is 0 Å². The molecule has 0 aliphatic rings. The lowest BCUT2D eigenvalue weighted by atomic mass is 10.1. The van der Waals surface area contributed by atoms with Crippen molar-refractivity contribution < 1.29 is 14.0 Å². The smallest absolute Gasteiger partial charge is 0.321 e. The molecule has 0 atom stereocenters. The van der Waals surface area contributed by atoms with E-state index in [1.807, 2.05) is 0 Å². The summed E-state index contributed by atoms with van der Waals surface area (Å²) >= 11 is 1.06. The Morgan fingerprint density at radius 3 is 2.65 bits per heavy atom. The summed E-state index contributed by atoms with van der Waals surface area (Å²) in [4.78, 5) is 23.3. The molecule has 0 spiro atoms. The van der Waals surface area contributed by atoms with Crippen molar-refractivity contribution in [2.24, 2.45) is 5.92 Å². The molecule has 1 rings (SSSR count). The first-order valence-electron chi connectivity index (χ1n) is 6.44. The average Bonchev–Trinajstić information content (AvgIpc) is 2.37. The van der Waals surface area contributed by atoms with Crippen LogP contribution in [0.2, 0.25) is 0 Å². The number of carbonyl (C=O) groups excluding carboxylic acids is 2. The fraction of sp³-hybridized carbons (Fsp3) is 0.429. The summed E-state index contributed by atoms with van der Waals surface area (Å²) in [6.07, 6.45) is 0.853. The minimum absolute atomic E-state index is 0.00145. The van der Waals surface area contributed by atoms with Crippen LogP contribution in [0.1, 0.15) is 20.3 Å². The van der Waals surface area contributed by atoms with Crippen LogP contribution in [0.5, 0.6) is 0 Å². The maximum Gasteiger partial charge on any atom is 0.321 e. The predicted octanol–water partition coefficient (Wildman–Crippen LogP) is 2.79. The highest BCUT2D eigenvalue weighted by Crippen LogP contribution is 2.20. The maximum atomic E-state index is 13.3. The van der Waals surface area contributed by atoms with Crippen molar-refractivity contribution in [3.63, 3.8) is 0 Å². The van der Waals surface area contributed by atoms with Crippen molar-refractivity contribution in [3.8, 4) is 0 Å². The van der Waals surface area contributed by atoms with Crippen LogP contribution in [0.25, 0.3) is 0 Å². The van der Waals surface area contributed by atoms with E-state index in [2.05, 4.69) is 24.5 Å². The van der Waals surface area contributed by atoms with E-state index in [-0.39, 0.29) is 11.6 Å². The third kappa shape index (κ3) is 6.56. The van der Waals surface area contributed by atoms with Gasteiger partial charge in [0.25, 0.3) is 0 Å². The fourth-order valence-corrected chi connectivity index (χ4v) is 2.13. The Bertz CT molecular complexity index is 466. The Hall–Kier alpha value is -1.56. The molecule has 20 heavy (non-hydrogen) atoms. The van der Waals surface area contributed by atoms with E-state index >= 15 is 0 Å². The molecule has 0 bridgehead atoms. The van der Waals surface area contributed by atoms with Gasteiger partial charge in [-0.15, -0.1) is 11.8 Å². The predicted molar refractivity (Wildman–Crippen MR) is 78.1 cm³/mol. The second-order valence-corrected chi connectivity index (χ2v) is 5.72. The summed E-state index contributed by atoms with van der Waals surface area (Å²) in [5, 5.41) is 4.81. The Morgan fingerprint density at radius 2 is 2.00 bits per heavy atom. The highest BCUT2D eigenvalue weighted by atomic mass is 32.2. The van der Waals surface area contributed by atoms with Crippen molar-refractivity contribution in [2.75, 3.05) is 12.3 Å². The zero-order valence-corrected chi connectivity index (χ0v) is 12.4. The number of carbonyl (C=O) groups is 2. The van der Waals surface area contributed by atoms with Crippen molar-refractivity contribution in [1.82, 2.24) is 10.6 Å². The fourth-order valence-electron chi connectivity index (χ4n) is 1.39. The number of amides is 3. The minimum atomic E-state index is -0.509. The molecule has 1 aromatic rings. The number of benzene rings is 1.